The van der Waals surface area contributed by atoms with Gasteiger partial charge in [0, 0.05) is 80.1 Å². The Hall–Kier alpha value is -7.65. The van der Waals surface area contributed by atoms with Gasteiger partial charge in [-0.3, -0.25) is 48.2 Å². The highest BCUT2D eigenvalue weighted by Crippen LogP contribution is 2.41. The molecule has 276 valence electrons. The molecular weight excluding hydrogens is 753 g/mol. The summed E-state index contributed by atoms with van der Waals surface area (Å²) in [6.45, 7) is 0. The van der Waals surface area contributed by atoms with Gasteiger partial charge in [0.05, 0.1) is 21.2 Å². The molecule has 10 rings (SSSR count). The van der Waals surface area contributed by atoms with Gasteiger partial charge in [-0.05, 0) is 97.1 Å². The van der Waals surface area contributed by atoms with E-state index in [1.807, 2.05) is 0 Å². The van der Waals surface area contributed by atoms with Crippen LogP contribution >= 0.6 is 0 Å². The molecule has 0 saturated carbocycles. The standard InChI is InChI=1S/C42H22N4O10S/c1-43-35(47)23-11-15-27-33-28(16-12-24(31(23)33)36(43)48)40(52)45(39(27)51)19-3-7-21(8-4-19)57(55,56)22-9-5-20(6-10-22)46-41(53)29-17-13-25-32-26(38(50)44(2)37(25)49)14-18-30(34(29)32)42(46)54/h3-18H,1-2H3. The van der Waals surface area contributed by atoms with E-state index in [-0.39, 0.29) is 87.2 Å². The van der Waals surface area contributed by atoms with Crippen molar-refractivity contribution in [1.82, 2.24) is 9.80 Å². The molecule has 0 saturated heterocycles. The van der Waals surface area contributed by atoms with Crippen molar-refractivity contribution in [3.05, 3.63) is 142 Å². The highest BCUT2D eigenvalue weighted by Gasteiger charge is 2.41. The van der Waals surface area contributed by atoms with Crippen molar-refractivity contribution in [2.75, 3.05) is 23.9 Å². The Morgan fingerprint density at radius 3 is 0.754 bits per heavy atom. The molecule has 15 heteroatoms. The Balaban J connectivity index is 0.944. The molecule has 0 aliphatic carbocycles. The first kappa shape index (κ1) is 33.9. The Labute approximate surface area is 321 Å². The first-order chi connectivity index (χ1) is 27.2. The quantitative estimate of drug-likeness (QED) is 0.224. The second kappa shape index (κ2) is 11.2. The van der Waals surface area contributed by atoms with Crippen molar-refractivity contribution in [1.29, 1.82) is 0 Å². The third kappa shape index (κ3) is 4.25. The summed E-state index contributed by atoms with van der Waals surface area (Å²) in [6.07, 6.45) is 0. The molecular formula is C42H22N4O10S. The normalized spacial score (nSPS) is 16.2. The number of imide groups is 4. The number of carbonyl (C=O) groups excluding carboxylic acids is 8. The van der Waals surface area contributed by atoms with Gasteiger partial charge in [-0.15, -0.1) is 0 Å². The smallest absolute Gasteiger partial charge is 0.265 e. The largest absolute Gasteiger partial charge is 0.277 e. The number of benzene rings is 6. The number of carbonyl (C=O) groups is 8. The minimum Gasteiger partial charge on any atom is -0.277 e. The first-order valence-corrected chi connectivity index (χ1v) is 18.8. The zero-order valence-electron chi connectivity index (χ0n) is 29.5. The molecule has 0 bridgehead atoms. The summed E-state index contributed by atoms with van der Waals surface area (Å²) in [7, 11) is -1.50. The molecule has 6 aromatic carbocycles. The van der Waals surface area contributed by atoms with E-state index in [1.54, 1.807) is 0 Å². The first-order valence-electron chi connectivity index (χ1n) is 17.3. The molecule has 0 atom stereocenters. The van der Waals surface area contributed by atoms with Crippen LogP contribution in [0.15, 0.2) is 107 Å². The van der Waals surface area contributed by atoms with Gasteiger partial charge in [0.15, 0.2) is 0 Å². The predicted octanol–water partition coefficient (Wildman–Crippen LogP) is 4.88. The molecule has 0 N–H and O–H groups in total. The fourth-order valence-electron chi connectivity index (χ4n) is 8.14. The molecule has 0 unspecified atom stereocenters. The van der Waals surface area contributed by atoms with Crippen molar-refractivity contribution >= 4 is 90.0 Å². The summed E-state index contributed by atoms with van der Waals surface area (Å²) < 4.78 is 27.6. The lowest BCUT2D eigenvalue weighted by atomic mass is 9.86. The van der Waals surface area contributed by atoms with E-state index in [4.69, 9.17) is 0 Å². The van der Waals surface area contributed by atoms with Crippen LogP contribution in [0.1, 0.15) is 82.9 Å². The van der Waals surface area contributed by atoms with E-state index >= 15 is 0 Å². The van der Waals surface area contributed by atoms with Crippen molar-refractivity contribution in [3.8, 4) is 0 Å². The van der Waals surface area contributed by atoms with E-state index in [1.165, 1.54) is 111 Å². The number of hydrogen-bond donors (Lipinski definition) is 0. The number of rotatable bonds is 4. The monoisotopic (exact) mass is 774 g/mol. The van der Waals surface area contributed by atoms with Crippen molar-refractivity contribution in [2.24, 2.45) is 0 Å². The lowest BCUT2D eigenvalue weighted by Gasteiger charge is -2.31. The highest BCUT2D eigenvalue weighted by atomic mass is 32.2. The second-order valence-corrected chi connectivity index (χ2v) is 15.8. The van der Waals surface area contributed by atoms with Crippen LogP contribution in [0.4, 0.5) is 11.4 Å². The van der Waals surface area contributed by atoms with Gasteiger partial charge in [0.25, 0.3) is 47.3 Å². The zero-order valence-corrected chi connectivity index (χ0v) is 30.3. The molecule has 4 aliphatic heterocycles. The van der Waals surface area contributed by atoms with Gasteiger partial charge in [0.1, 0.15) is 0 Å². The fourth-order valence-corrected chi connectivity index (χ4v) is 9.40. The molecule has 6 aromatic rings. The van der Waals surface area contributed by atoms with Crippen LogP contribution in [0.5, 0.6) is 0 Å². The van der Waals surface area contributed by atoms with Gasteiger partial charge < -0.3 is 0 Å². The van der Waals surface area contributed by atoms with Gasteiger partial charge in [-0.25, -0.2) is 18.2 Å². The third-order valence-electron chi connectivity index (χ3n) is 11.0. The maximum atomic E-state index is 13.8. The molecule has 0 aromatic heterocycles. The number of sulfone groups is 1. The predicted molar refractivity (Wildman–Crippen MR) is 201 cm³/mol. The summed E-state index contributed by atoms with van der Waals surface area (Å²) in [5.41, 5.74) is 1.30. The van der Waals surface area contributed by atoms with Crippen LogP contribution in [-0.4, -0.2) is 79.6 Å². The Bertz CT molecular complexity index is 2820. The van der Waals surface area contributed by atoms with E-state index in [2.05, 4.69) is 0 Å². The zero-order chi connectivity index (χ0) is 40.0. The summed E-state index contributed by atoms with van der Waals surface area (Å²) in [5.74, 6) is -5.12. The molecule has 0 radical (unpaired) electrons. The van der Waals surface area contributed by atoms with Gasteiger partial charge in [-0.2, -0.15) is 0 Å². The number of nitrogens with zero attached hydrogens (tertiary/aromatic N) is 4. The van der Waals surface area contributed by atoms with E-state index in [9.17, 15) is 46.8 Å². The number of hydrogen-bond acceptors (Lipinski definition) is 10. The minimum atomic E-state index is -4.20. The van der Waals surface area contributed by atoms with E-state index in [0.717, 1.165) is 19.6 Å². The Kier molecular flexibility index (Phi) is 6.66. The van der Waals surface area contributed by atoms with E-state index in [0.29, 0.717) is 0 Å². The van der Waals surface area contributed by atoms with Gasteiger partial charge >= 0.3 is 0 Å². The summed E-state index contributed by atoms with van der Waals surface area (Å²) in [6, 6.07) is 21.7. The van der Waals surface area contributed by atoms with Crippen LogP contribution in [0.2, 0.25) is 0 Å². The highest BCUT2D eigenvalue weighted by molar-refractivity contribution is 7.91. The summed E-state index contributed by atoms with van der Waals surface area (Å²) in [4.78, 5) is 110. The lowest BCUT2D eigenvalue weighted by Crippen LogP contribution is -2.42. The van der Waals surface area contributed by atoms with Crippen LogP contribution in [0.3, 0.4) is 0 Å². The van der Waals surface area contributed by atoms with Crippen molar-refractivity contribution in [2.45, 2.75) is 9.79 Å². The molecule has 8 amide bonds. The molecule has 4 heterocycles. The van der Waals surface area contributed by atoms with Crippen molar-refractivity contribution < 1.29 is 46.8 Å². The van der Waals surface area contributed by atoms with Crippen LogP contribution < -0.4 is 9.80 Å². The summed E-state index contributed by atoms with van der Waals surface area (Å²) in [5, 5.41) is 0.865. The maximum Gasteiger partial charge on any atom is 0.265 e. The fraction of sp³-hybridized carbons (Fsp3) is 0.0476. The number of anilines is 2. The topological polar surface area (TPSA) is 184 Å². The van der Waals surface area contributed by atoms with Gasteiger partial charge in [0.2, 0.25) is 9.84 Å². The number of amides is 8. The molecule has 0 spiro atoms. The lowest BCUT2D eigenvalue weighted by molar-refractivity contribution is 0.0635. The third-order valence-corrected chi connectivity index (χ3v) is 12.8. The summed E-state index contributed by atoms with van der Waals surface area (Å²) >= 11 is 0. The maximum absolute atomic E-state index is 13.8. The Morgan fingerprint density at radius 1 is 0.316 bits per heavy atom. The average Bonchev–Trinajstić information content (AvgIpc) is 3.22. The molecule has 4 aliphatic rings. The van der Waals surface area contributed by atoms with Crippen molar-refractivity contribution in [3.63, 3.8) is 0 Å². The SMILES string of the molecule is CN1C(=O)c2ccc3c4c(ccc(c24)C1=O)C(=O)N(c1ccc(S(=O)(=O)c2ccc(N4C(=O)c5ccc6c7c(ccc(c57)C4=O)C(=O)N(C)C6=O)cc2)cc1)C3=O. The van der Waals surface area contributed by atoms with E-state index < -0.39 is 57.1 Å². The Morgan fingerprint density at radius 2 is 0.526 bits per heavy atom. The second-order valence-electron chi connectivity index (χ2n) is 13.9. The van der Waals surface area contributed by atoms with Crippen LogP contribution in [-0.2, 0) is 9.84 Å². The minimum absolute atomic E-state index is 0.0774. The molecule has 0 fully saturated rings. The molecule has 57 heavy (non-hydrogen) atoms. The molecule has 14 nitrogen and oxygen atoms in total. The van der Waals surface area contributed by atoms with Crippen LogP contribution in [0.25, 0.3) is 21.5 Å². The van der Waals surface area contributed by atoms with Gasteiger partial charge in [-0.1, -0.05) is 0 Å². The van der Waals surface area contributed by atoms with Crippen LogP contribution in [0, 0.1) is 0 Å². The average molecular weight is 775 g/mol.